The van der Waals surface area contributed by atoms with E-state index >= 15 is 0 Å². The topological polar surface area (TPSA) is 73.9 Å². The van der Waals surface area contributed by atoms with E-state index in [-0.39, 0.29) is 16.9 Å². The molecule has 0 amide bonds. The molecular formula is C16H16N4OS. The van der Waals surface area contributed by atoms with Crippen LogP contribution in [0.1, 0.15) is 48.8 Å². The van der Waals surface area contributed by atoms with Gasteiger partial charge >= 0.3 is 0 Å². The smallest absolute Gasteiger partial charge is 0.268 e. The van der Waals surface area contributed by atoms with Crippen molar-refractivity contribution in [2.24, 2.45) is 4.99 Å². The molecule has 112 valence electrons. The van der Waals surface area contributed by atoms with Gasteiger partial charge in [0.05, 0.1) is 27.5 Å². The van der Waals surface area contributed by atoms with Crippen LogP contribution in [0, 0.1) is 11.3 Å². The fourth-order valence-corrected chi connectivity index (χ4v) is 3.65. The first kappa shape index (κ1) is 14.7. The molecule has 1 aromatic heterocycles. The molecule has 0 bridgehead atoms. The van der Waals surface area contributed by atoms with E-state index in [1.807, 2.05) is 37.6 Å². The molecule has 0 spiro atoms. The van der Waals surface area contributed by atoms with Gasteiger partial charge in [-0.1, -0.05) is 23.9 Å². The van der Waals surface area contributed by atoms with Gasteiger partial charge < -0.3 is 0 Å². The van der Waals surface area contributed by atoms with Gasteiger partial charge in [0, 0.05) is 6.04 Å². The predicted molar refractivity (Wildman–Crippen MR) is 88.8 cm³/mol. The van der Waals surface area contributed by atoms with Crippen molar-refractivity contribution in [2.75, 3.05) is 0 Å². The number of fused-ring (bicyclic) bond motifs is 1. The first-order valence-electron chi connectivity index (χ1n) is 7.07. The zero-order chi connectivity index (χ0) is 15.9. The third-order valence-electron chi connectivity index (χ3n) is 3.61. The Hall–Kier alpha value is -2.26. The molecular weight excluding hydrogens is 296 g/mol. The van der Waals surface area contributed by atoms with E-state index < -0.39 is 0 Å². The first-order chi connectivity index (χ1) is 10.5. The zero-order valence-electron chi connectivity index (χ0n) is 12.6. The zero-order valence-corrected chi connectivity index (χ0v) is 13.4. The van der Waals surface area contributed by atoms with Gasteiger partial charge in [-0.3, -0.25) is 14.6 Å². The first-order valence-corrected chi connectivity index (χ1v) is 7.95. The van der Waals surface area contributed by atoms with E-state index in [9.17, 15) is 4.79 Å². The van der Waals surface area contributed by atoms with Crippen LogP contribution in [0.15, 0.2) is 34.1 Å². The quantitative estimate of drug-likeness (QED) is 0.922. The van der Waals surface area contributed by atoms with E-state index in [2.05, 4.69) is 16.2 Å². The van der Waals surface area contributed by atoms with Gasteiger partial charge in [0.15, 0.2) is 5.82 Å². The van der Waals surface area contributed by atoms with E-state index in [1.165, 1.54) is 0 Å². The molecule has 1 aliphatic rings. The summed E-state index contributed by atoms with van der Waals surface area (Å²) in [4.78, 5) is 16.9. The second kappa shape index (κ2) is 5.50. The maximum absolute atomic E-state index is 12.4. The molecule has 1 aliphatic heterocycles. The number of nitriles is 1. The molecule has 3 rings (SSSR count). The lowest BCUT2D eigenvalue weighted by molar-refractivity contribution is 0.533. The average Bonchev–Trinajstić information content (AvgIpc) is 2.84. The molecule has 1 aromatic carbocycles. The third kappa shape index (κ3) is 2.38. The van der Waals surface area contributed by atoms with Crippen LogP contribution in [0.25, 0.3) is 0 Å². The monoisotopic (exact) mass is 312 g/mol. The largest absolute Gasteiger partial charge is 0.271 e. The summed E-state index contributed by atoms with van der Waals surface area (Å²) in [6.07, 6.45) is 0. The molecule has 0 fully saturated rings. The van der Waals surface area contributed by atoms with Crippen molar-refractivity contribution in [1.82, 2.24) is 9.78 Å². The normalized spacial score (nSPS) is 17.0. The van der Waals surface area contributed by atoms with Gasteiger partial charge in [-0.2, -0.15) is 5.26 Å². The Bertz CT molecular complexity index is 837. The van der Waals surface area contributed by atoms with Crippen molar-refractivity contribution in [3.8, 4) is 6.07 Å². The molecule has 6 heteroatoms. The summed E-state index contributed by atoms with van der Waals surface area (Å²) in [5, 5.41) is 12.6. The minimum atomic E-state index is -0.0955. The van der Waals surface area contributed by atoms with E-state index in [4.69, 9.17) is 5.26 Å². The Morgan fingerprint density at radius 2 is 2.05 bits per heavy atom. The molecule has 1 unspecified atom stereocenters. The lowest BCUT2D eigenvalue weighted by Gasteiger charge is -2.21. The van der Waals surface area contributed by atoms with Crippen LogP contribution >= 0.6 is 11.8 Å². The van der Waals surface area contributed by atoms with Crippen LogP contribution in [0.2, 0.25) is 0 Å². The minimum absolute atomic E-state index is 0.0935. The highest BCUT2D eigenvalue weighted by Crippen LogP contribution is 2.43. The van der Waals surface area contributed by atoms with E-state index in [1.54, 1.807) is 23.9 Å². The predicted octanol–water partition coefficient (Wildman–Crippen LogP) is 3.52. The molecule has 2 aromatic rings. The van der Waals surface area contributed by atoms with Crippen molar-refractivity contribution < 1.29 is 0 Å². The molecule has 0 aliphatic carbocycles. The molecule has 5 nitrogen and oxygen atoms in total. The van der Waals surface area contributed by atoms with Crippen molar-refractivity contribution in [2.45, 2.75) is 32.1 Å². The number of nitrogens with zero attached hydrogens (tertiary/aromatic N) is 3. The number of H-pyrrole nitrogens is 1. The summed E-state index contributed by atoms with van der Waals surface area (Å²) in [7, 11) is 0. The number of benzene rings is 1. The van der Waals surface area contributed by atoms with Crippen LogP contribution < -0.4 is 5.56 Å². The van der Waals surface area contributed by atoms with Crippen LogP contribution in [0.5, 0.6) is 0 Å². The molecule has 22 heavy (non-hydrogen) atoms. The molecule has 0 saturated heterocycles. The lowest BCUT2D eigenvalue weighted by Crippen LogP contribution is -2.13. The Labute approximate surface area is 132 Å². The Morgan fingerprint density at radius 1 is 1.36 bits per heavy atom. The molecule has 1 atom stereocenters. The van der Waals surface area contributed by atoms with Crippen molar-refractivity contribution in [3.63, 3.8) is 0 Å². The second-order valence-corrected chi connectivity index (χ2v) is 6.80. The van der Waals surface area contributed by atoms with Gasteiger partial charge in [0.25, 0.3) is 5.56 Å². The molecule has 0 radical (unpaired) electrons. The number of aromatic amines is 1. The van der Waals surface area contributed by atoms with Crippen LogP contribution in [-0.4, -0.2) is 14.8 Å². The summed E-state index contributed by atoms with van der Waals surface area (Å²) in [5.41, 5.74) is 2.21. The molecule has 1 N–H and O–H groups in total. The highest BCUT2D eigenvalue weighted by molar-refractivity contribution is 8.14. The Kier molecular flexibility index (Phi) is 3.67. The minimum Gasteiger partial charge on any atom is -0.268 e. The number of hydrogen-bond donors (Lipinski definition) is 1. The number of nitrogens with one attached hydrogen (secondary N) is 1. The van der Waals surface area contributed by atoms with E-state index in [0.717, 1.165) is 10.6 Å². The summed E-state index contributed by atoms with van der Waals surface area (Å²) in [6.45, 7) is 5.98. The summed E-state index contributed by atoms with van der Waals surface area (Å²) in [5.74, 6) is 0.714. The molecule has 0 saturated carbocycles. The number of hydrogen-bond acceptors (Lipinski definition) is 4. The fraction of sp³-hybridized carbons (Fsp3) is 0.312. The number of rotatable bonds is 2. The number of thioether (sulfide) groups is 1. The van der Waals surface area contributed by atoms with Gasteiger partial charge in [0.2, 0.25) is 0 Å². The lowest BCUT2D eigenvalue weighted by atomic mass is 10.0. The van der Waals surface area contributed by atoms with Crippen molar-refractivity contribution in [1.29, 1.82) is 5.26 Å². The summed E-state index contributed by atoms with van der Waals surface area (Å²) >= 11 is 1.57. The van der Waals surface area contributed by atoms with Crippen molar-refractivity contribution in [3.05, 3.63) is 51.3 Å². The summed E-state index contributed by atoms with van der Waals surface area (Å²) < 4.78 is 1.82. The van der Waals surface area contributed by atoms with Crippen LogP contribution in [-0.2, 0) is 0 Å². The van der Waals surface area contributed by atoms with E-state index in [0.29, 0.717) is 16.9 Å². The second-order valence-electron chi connectivity index (χ2n) is 5.50. The van der Waals surface area contributed by atoms with Crippen molar-refractivity contribution >= 4 is 22.6 Å². The average molecular weight is 312 g/mol. The highest BCUT2D eigenvalue weighted by atomic mass is 32.2. The number of aliphatic imine (C=N–C) groups is 1. The Balaban J connectivity index is 2.15. The summed E-state index contributed by atoms with van der Waals surface area (Å²) in [6, 6.07) is 9.63. The maximum Gasteiger partial charge on any atom is 0.271 e. The van der Waals surface area contributed by atoms with Gasteiger partial charge in [-0.05, 0) is 38.5 Å². The fourth-order valence-electron chi connectivity index (χ4n) is 2.55. The Morgan fingerprint density at radius 3 is 2.64 bits per heavy atom. The van der Waals surface area contributed by atoms with Gasteiger partial charge in [0.1, 0.15) is 0 Å². The SMILES string of the molecule is CC1=Nc2c(c(=O)[nH]n2C(C)C)C(c2ccc(C#N)cc2)S1. The molecule has 2 heterocycles. The highest BCUT2D eigenvalue weighted by Gasteiger charge is 2.30. The number of aromatic nitrogens is 2. The van der Waals surface area contributed by atoms with Gasteiger partial charge in [-0.25, -0.2) is 4.99 Å². The van der Waals surface area contributed by atoms with Crippen LogP contribution in [0.4, 0.5) is 5.82 Å². The van der Waals surface area contributed by atoms with Crippen LogP contribution in [0.3, 0.4) is 0 Å². The standard InChI is InChI=1S/C16H16N4OS/c1-9(2)20-15-13(16(21)19-20)14(22-10(3)18-15)12-6-4-11(8-17)5-7-12/h4-7,9,14H,1-3H3,(H,19,21). The van der Waals surface area contributed by atoms with Gasteiger partial charge in [-0.15, -0.1) is 0 Å². The maximum atomic E-state index is 12.4. The third-order valence-corrected chi connectivity index (χ3v) is 4.78.